The van der Waals surface area contributed by atoms with E-state index in [4.69, 9.17) is 4.74 Å². The SMILES string of the molecule is Cc1cc(N2CCN(C3CCOCC3)CC2)n2nccc2n1. The molecular formula is C16H23N5O. The van der Waals surface area contributed by atoms with Crippen molar-refractivity contribution < 1.29 is 4.74 Å². The van der Waals surface area contributed by atoms with Crippen LogP contribution in [0.5, 0.6) is 0 Å². The minimum absolute atomic E-state index is 0.708. The van der Waals surface area contributed by atoms with E-state index in [0.29, 0.717) is 6.04 Å². The van der Waals surface area contributed by atoms with E-state index < -0.39 is 0 Å². The molecule has 2 saturated heterocycles. The maximum atomic E-state index is 5.48. The van der Waals surface area contributed by atoms with Crippen molar-refractivity contribution in [1.29, 1.82) is 0 Å². The molecule has 0 bridgehead atoms. The van der Waals surface area contributed by atoms with Gasteiger partial charge in [0.05, 0.1) is 6.20 Å². The smallest absolute Gasteiger partial charge is 0.157 e. The molecule has 118 valence electrons. The van der Waals surface area contributed by atoms with Crippen LogP contribution in [0.15, 0.2) is 18.3 Å². The fraction of sp³-hybridized carbons (Fsp3) is 0.625. The highest BCUT2D eigenvalue weighted by Crippen LogP contribution is 2.21. The van der Waals surface area contributed by atoms with Gasteiger partial charge in [0.2, 0.25) is 0 Å². The minimum atomic E-state index is 0.708. The molecule has 0 N–H and O–H groups in total. The van der Waals surface area contributed by atoms with Crippen molar-refractivity contribution in [1.82, 2.24) is 19.5 Å². The number of aryl methyl sites for hydroxylation is 1. The van der Waals surface area contributed by atoms with Crippen LogP contribution in [0.2, 0.25) is 0 Å². The third-order valence-corrected chi connectivity index (χ3v) is 4.81. The highest BCUT2D eigenvalue weighted by atomic mass is 16.5. The maximum absolute atomic E-state index is 5.48. The summed E-state index contributed by atoms with van der Waals surface area (Å²) in [6.45, 7) is 8.23. The molecule has 2 fully saturated rings. The lowest BCUT2D eigenvalue weighted by molar-refractivity contribution is 0.0320. The molecule has 2 aliphatic heterocycles. The predicted octanol–water partition coefficient (Wildman–Crippen LogP) is 1.34. The van der Waals surface area contributed by atoms with Gasteiger partial charge in [0.25, 0.3) is 0 Å². The Morgan fingerprint density at radius 1 is 1.14 bits per heavy atom. The number of ether oxygens (including phenoxy) is 1. The molecular weight excluding hydrogens is 278 g/mol. The summed E-state index contributed by atoms with van der Waals surface area (Å²) in [7, 11) is 0. The summed E-state index contributed by atoms with van der Waals surface area (Å²) in [4.78, 5) is 9.60. The van der Waals surface area contributed by atoms with E-state index in [2.05, 4.69) is 32.9 Å². The Bertz CT molecular complexity index is 641. The van der Waals surface area contributed by atoms with E-state index in [9.17, 15) is 0 Å². The number of hydrogen-bond acceptors (Lipinski definition) is 5. The van der Waals surface area contributed by atoms with E-state index >= 15 is 0 Å². The molecule has 0 unspecified atom stereocenters. The van der Waals surface area contributed by atoms with Crippen LogP contribution in [0.3, 0.4) is 0 Å². The van der Waals surface area contributed by atoms with Gasteiger partial charge in [0.15, 0.2) is 5.65 Å². The lowest BCUT2D eigenvalue weighted by Crippen LogP contribution is -2.52. The van der Waals surface area contributed by atoms with Crippen LogP contribution < -0.4 is 4.90 Å². The van der Waals surface area contributed by atoms with Gasteiger partial charge in [-0.25, -0.2) is 4.98 Å². The topological polar surface area (TPSA) is 45.9 Å². The van der Waals surface area contributed by atoms with Gasteiger partial charge >= 0.3 is 0 Å². The first-order valence-corrected chi connectivity index (χ1v) is 8.19. The van der Waals surface area contributed by atoms with Crippen molar-refractivity contribution >= 4 is 11.5 Å². The molecule has 0 radical (unpaired) electrons. The Morgan fingerprint density at radius 3 is 2.68 bits per heavy atom. The third kappa shape index (κ3) is 2.57. The van der Waals surface area contributed by atoms with E-state index in [1.807, 2.05) is 16.8 Å². The molecule has 6 nitrogen and oxygen atoms in total. The molecule has 6 heteroatoms. The number of nitrogens with zero attached hydrogens (tertiary/aromatic N) is 5. The summed E-state index contributed by atoms with van der Waals surface area (Å²) in [6.07, 6.45) is 4.18. The number of rotatable bonds is 2. The van der Waals surface area contributed by atoms with Crippen LogP contribution in [0, 0.1) is 6.92 Å². The second kappa shape index (κ2) is 5.85. The van der Waals surface area contributed by atoms with Gasteiger partial charge < -0.3 is 9.64 Å². The Labute approximate surface area is 130 Å². The molecule has 0 saturated carbocycles. The van der Waals surface area contributed by atoms with Crippen LogP contribution >= 0.6 is 0 Å². The Kier molecular flexibility index (Phi) is 3.72. The number of piperazine rings is 1. The molecule has 2 aliphatic rings. The summed E-state index contributed by atoms with van der Waals surface area (Å²) in [5, 5.41) is 4.43. The lowest BCUT2D eigenvalue weighted by Gasteiger charge is -2.41. The van der Waals surface area contributed by atoms with Crippen molar-refractivity contribution in [2.45, 2.75) is 25.8 Å². The molecule has 4 heterocycles. The van der Waals surface area contributed by atoms with Crippen LogP contribution in [0.4, 0.5) is 5.82 Å². The minimum Gasteiger partial charge on any atom is -0.381 e. The first kappa shape index (κ1) is 14.0. The average Bonchev–Trinajstić information content (AvgIpc) is 3.03. The van der Waals surface area contributed by atoms with Crippen LogP contribution in [0.1, 0.15) is 18.5 Å². The quantitative estimate of drug-likeness (QED) is 0.837. The zero-order valence-electron chi connectivity index (χ0n) is 13.1. The number of hydrogen-bond donors (Lipinski definition) is 0. The highest BCUT2D eigenvalue weighted by molar-refractivity contribution is 5.50. The van der Waals surface area contributed by atoms with E-state index in [0.717, 1.165) is 50.7 Å². The molecule has 0 spiro atoms. The van der Waals surface area contributed by atoms with Crippen LogP contribution in [0.25, 0.3) is 5.65 Å². The molecule has 4 rings (SSSR count). The summed E-state index contributed by atoms with van der Waals surface area (Å²) in [5.74, 6) is 1.17. The van der Waals surface area contributed by atoms with Gasteiger partial charge in [-0.3, -0.25) is 4.90 Å². The molecule has 0 amide bonds. The summed E-state index contributed by atoms with van der Waals surface area (Å²) in [5.41, 5.74) is 1.98. The zero-order valence-corrected chi connectivity index (χ0v) is 13.1. The molecule has 22 heavy (non-hydrogen) atoms. The molecule has 0 atom stereocenters. The Hall–Kier alpha value is -1.66. The van der Waals surface area contributed by atoms with Gasteiger partial charge in [-0.2, -0.15) is 9.61 Å². The third-order valence-electron chi connectivity index (χ3n) is 4.81. The van der Waals surface area contributed by atoms with Crippen LogP contribution in [-0.2, 0) is 4.74 Å². The fourth-order valence-corrected chi connectivity index (χ4v) is 3.61. The van der Waals surface area contributed by atoms with E-state index in [-0.39, 0.29) is 0 Å². The fourth-order valence-electron chi connectivity index (χ4n) is 3.61. The van der Waals surface area contributed by atoms with Crippen LogP contribution in [-0.4, -0.2) is 64.9 Å². The van der Waals surface area contributed by atoms with Gasteiger partial charge in [-0.1, -0.05) is 0 Å². The zero-order chi connectivity index (χ0) is 14.9. The molecule has 0 aromatic carbocycles. The number of anilines is 1. The van der Waals surface area contributed by atoms with Gasteiger partial charge in [-0.05, 0) is 19.8 Å². The summed E-state index contributed by atoms with van der Waals surface area (Å²) >= 11 is 0. The normalized spacial score (nSPS) is 21.6. The number of fused-ring (bicyclic) bond motifs is 1. The van der Waals surface area contributed by atoms with Gasteiger partial charge in [0, 0.05) is 63.3 Å². The standard InChI is InChI=1S/C16H23N5O/c1-13-12-16(21-15(18-13)2-5-17-21)20-8-6-19(7-9-20)14-3-10-22-11-4-14/h2,5,12,14H,3-4,6-11H2,1H3. The first-order valence-electron chi connectivity index (χ1n) is 8.19. The Balaban J connectivity index is 1.49. The summed E-state index contributed by atoms with van der Waals surface area (Å²) in [6, 6.07) is 4.82. The monoisotopic (exact) mass is 301 g/mol. The van der Waals surface area contributed by atoms with Gasteiger partial charge in [0.1, 0.15) is 5.82 Å². The largest absolute Gasteiger partial charge is 0.381 e. The molecule has 2 aromatic heterocycles. The first-order chi connectivity index (χ1) is 10.8. The summed E-state index contributed by atoms with van der Waals surface area (Å²) < 4.78 is 7.43. The number of aromatic nitrogens is 3. The van der Waals surface area contributed by atoms with E-state index in [1.165, 1.54) is 18.7 Å². The maximum Gasteiger partial charge on any atom is 0.157 e. The van der Waals surface area contributed by atoms with Gasteiger partial charge in [-0.15, -0.1) is 0 Å². The van der Waals surface area contributed by atoms with Crippen molar-refractivity contribution in [3.8, 4) is 0 Å². The highest BCUT2D eigenvalue weighted by Gasteiger charge is 2.26. The van der Waals surface area contributed by atoms with Crippen molar-refractivity contribution in [3.63, 3.8) is 0 Å². The van der Waals surface area contributed by atoms with Crippen molar-refractivity contribution in [3.05, 3.63) is 24.0 Å². The molecule has 2 aromatic rings. The lowest BCUT2D eigenvalue weighted by atomic mass is 10.1. The second-order valence-electron chi connectivity index (χ2n) is 6.22. The Morgan fingerprint density at radius 2 is 1.91 bits per heavy atom. The predicted molar refractivity (Wildman–Crippen MR) is 85.4 cm³/mol. The van der Waals surface area contributed by atoms with E-state index in [1.54, 1.807) is 0 Å². The average molecular weight is 301 g/mol. The van der Waals surface area contributed by atoms with Crippen molar-refractivity contribution in [2.75, 3.05) is 44.3 Å². The second-order valence-corrected chi connectivity index (χ2v) is 6.22. The molecule has 0 aliphatic carbocycles. The van der Waals surface area contributed by atoms with Crippen molar-refractivity contribution in [2.24, 2.45) is 0 Å².